The molecule has 0 aliphatic heterocycles. The molecule has 1 aromatic heterocycles. The molecule has 1 heterocycles. The van der Waals surface area contributed by atoms with Crippen LogP contribution >= 0.6 is 0 Å². The van der Waals surface area contributed by atoms with Gasteiger partial charge in [-0.05, 0) is 30.3 Å². The third-order valence-corrected chi connectivity index (χ3v) is 3.59. The molecule has 25 heavy (non-hydrogen) atoms. The summed E-state index contributed by atoms with van der Waals surface area (Å²) in [7, 11) is 1.49. The molecule has 0 radical (unpaired) electrons. The monoisotopic (exact) mass is 334 g/mol. The Balaban J connectivity index is 1.72. The number of benzene rings is 2. The van der Waals surface area contributed by atoms with Gasteiger partial charge in [-0.25, -0.2) is 4.98 Å². The van der Waals surface area contributed by atoms with Crippen LogP contribution in [-0.4, -0.2) is 18.0 Å². The molecule has 0 spiro atoms. The Kier molecular flexibility index (Phi) is 5.26. The van der Waals surface area contributed by atoms with Crippen molar-refractivity contribution in [3.8, 4) is 17.4 Å². The van der Waals surface area contributed by atoms with Gasteiger partial charge in [0, 0.05) is 18.3 Å². The van der Waals surface area contributed by atoms with Gasteiger partial charge in [0.15, 0.2) is 0 Å². The Hall–Kier alpha value is -3.34. The zero-order valence-electron chi connectivity index (χ0n) is 13.8. The van der Waals surface area contributed by atoms with Crippen molar-refractivity contribution in [2.75, 3.05) is 7.11 Å². The molecule has 0 aliphatic carbocycles. The van der Waals surface area contributed by atoms with E-state index in [-0.39, 0.29) is 5.91 Å². The number of rotatable bonds is 6. The van der Waals surface area contributed by atoms with Crippen LogP contribution in [0.5, 0.6) is 17.4 Å². The Bertz CT molecular complexity index is 850. The number of pyridine rings is 1. The van der Waals surface area contributed by atoms with Crippen LogP contribution in [-0.2, 0) is 6.54 Å². The second-order valence-electron chi connectivity index (χ2n) is 5.27. The van der Waals surface area contributed by atoms with Crippen molar-refractivity contribution < 1.29 is 14.3 Å². The molecular formula is C20H18N2O3. The van der Waals surface area contributed by atoms with Crippen LogP contribution in [0, 0.1) is 0 Å². The van der Waals surface area contributed by atoms with Crippen LogP contribution in [0.15, 0.2) is 72.9 Å². The van der Waals surface area contributed by atoms with Crippen LogP contribution in [0.25, 0.3) is 0 Å². The smallest absolute Gasteiger partial charge is 0.257 e. The fourth-order valence-electron chi connectivity index (χ4n) is 2.36. The second-order valence-corrected chi connectivity index (χ2v) is 5.27. The van der Waals surface area contributed by atoms with E-state index in [0.29, 0.717) is 23.7 Å². The number of hydrogen-bond donors (Lipinski definition) is 1. The number of nitrogens with zero attached hydrogens (tertiary/aromatic N) is 1. The fourth-order valence-corrected chi connectivity index (χ4v) is 2.36. The summed E-state index contributed by atoms with van der Waals surface area (Å²) in [6, 6.07) is 20.5. The molecule has 3 rings (SSSR count). The van der Waals surface area contributed by atoms with Gasteiger partial charge in [-0.2, -0.15) is 0 Å². The minimum absolute atomic E-state index is 0.250. The Labute approximate surface area is 146 Å². The minimum Gasteiger partial charge on any atom is -0.480 e. The van der Waals surface area contributed by atoms with Gasteiger partial charge in [0.05, 0.1) is 7.11 Å². The topological polar surface area (TPSA) is 60.5 Å². The van der Waals surface area contributed by atoms with Gasteiger partial charge < -0.3 is 14.8 Å². The number of aromatic nitrogens is 1. The van der Waals surface area contributed by atoms with Crippen molar-refractivity contribution in [3.63, 3.8) is 0 Å². The Morgan fingerprint density at radius 2 is 1.76 bits per heavy atom. The number of carbonyl (C=O) groups is 1. The van der Waals surface area contributed by atoms with Gasteiger partial charge >= 0.3 is 0 Å². The van der Waals surface area contributed by atoms with Gasteiger partial charge in [0.1, 0.15) is 17.1 Å². The van der Waals surface area contributed by atoms with Gasteiger partial charge in [0.25, 0.3) is 5.91 Å². The first-order valence-corrected chi connectivity index (χ1v) is 7.86. The molecule has 1 N–H and O–H groups in total. The van der Waals surface area contributed by atoms with Crippen LogP contribution in [0.1, 0.15) is 15.9 Å². The molecule has 5 nitrogen and oxygen atoms in total. The van der Waals surface area contributed by atoms with Gasteiger partial charge in [-0.15, -0.1) is 0 Å². The summed E-state index contributed by atoms with van der Waals surface area (Å²) >= 11 is 0. The largest absolute Gasteiger partial charge is 0.480 e. The summed E-state index contributed by atoms with van der Waals surface area (Å²) in [5, 5.41) is 2.88. The van der Waals surface area contributed by atoms with Crippen molar-refractivity contribution in [2.45, 2.75) is 6.54 Å². The van der Waals surface area contributed by atoms with E-state index in [1.54, 1.807) is 18.3 Å². The first-order chi connectivity index (χ1) is 12.3. The fraction of sp³-hybridized carbons (Fsp3) is 0.100. The van der Waals surface area contributed by atoms with E-state index >= 15 is 0 Å². The highest BCUT2D eigenvalue weighted by Crippen LogP contribution is 2.25. The van der Waals surface area contributed by atoms with E-state index in [2.05, 4.69) is 10.3 Å². The average Bonchev–Trinajstić information content (AvgIpc) is 2.68. The molecule has 0 bridgehead atoms. The first-order valence-electron chi connectivity index (χ1n) is 7.86. The number of carbonyl (C=O) groups excluding carboxylic acids is 1. The first kappa shape index (κ1) is 16.5. The van der Waals surface area contributed by atoms with Crippen LogP contribution in [0.3, 0.4) is 0 Å². The lowest BCUT2D eigenvalue weighted by atomic mass is 10.2. The highest BCUT2D eigenvalue weighted by atomic mass is 16.5. The lowest BCUT2D eigenvalue weighted by molar-refractivity contribution is 0.0947. The molecule has 5 heteroatoms. The maximum absolute atomic E-state index is 12.4. The minimum atomic E-state index is -0.250. The average molecular weight is 334 g/mol. The number of nitrogens with one attached hydrogen (secondary N) is 1. The lowest BCUT2D eigenvalue weighted by Gasteiger charge is -2.12. The molecule has 3 aromatic rings. The highest BCUT2D eigenvalue weighted by molar-refractivity contribution is 5.96. The molecule has 2 aromatic carbocycles. The summed E-state index contributed by atoms with van der Waals surface area (Å²) in [4.78, 5) is 16.4. The molecule has 1 amide bonds. The number of hydrogen-bond acceptors (Lipinski definition) is 4. The quantitative estimate of drug-likeness (QED) is 0.744. The SMILES string of the molecule is COc1ncccc1C(=O)NCc1ccccc1Oc1ccccc1. The maximum atomic E-state index is 12.4. The number of methoxy groups -OCH3 is 1. The molecule has 0 unspecified atom stereocenters. The van der Waals surface area contributed by atoms with E-state index in [1.807, 2.05) is 54.6 Å². The van der Waals surface area contributed by atoms with E-state index < -0.39 is 0 Å². The molecule has 0 aliphatic rings. The van der Waals surface area contributed by atoms with E-state index in [0.717, 1.165) is 11.3 Å². The molecule has 126 valence electrons. The van der Waals surface area contributed by atoms with Crippen molar-refractivity contribution >= 4 is 5.91 Å². The van der Waals surface area contributed by atoms with Gasteiger partial charge in [-0.3, -0.25) is 4.79 Å². The van der Waals surface area contributed by atoms with Crippen molar-refractivity contribution in [3.05, 3.63) is 84.1 Å². The Morgan fingerprint density at radius 3 is 2.56 bits per heavy atom. The van der Waals surface area contributed by atoms with Crippen molar-refractivity contribution in [2.24, 2.45) is 0 Å². The van der Waals surface area contributed by atoms with E-state index in [9.17, 15) is 4.79 Å². The number of amides is 1. The standard InChI is InChI=1S/C20H18N2O3/c1-24-20-17(11-7-13-21-20)19(23)22-14-15-8-5-6-12-18(15)25-16-9-3-2-4-10-16/h2-13H,14H2,1H3,(H,22,23). The molecule has 0 fully saturated rings. The summed E-state index contributed by atoms with van der Waals surface area (Å²) in [5.41, 5.74) is 1.27. The number of ether oxygens (including phenoxy) is 2. The van der Waals surface area contributed by atoms with Crippen molar-refractivity contribution in [1.29, 1.82) is 0 Å². The molecular weight excluding hydrogens is 316 g/mol. The van der Waals surface area contributed by atoms with Gasteiger partial charge in [-0.1, -0.05) is 36.4 Å². The summed E-state index contributed by atoms with van der Waals surface area (Å²) in [6.45, 7) is 0.333. The van der Waals surface area contributed by atoms with Gasteiger partial charge in [0.2, 0.25) is 5.88 Å². The second kappa shape index (κ2) is 7.97. The molecule has 0 atom stereocenters. The van der Waals surface area contributed by atoms with Crippen LogP contribution in [0.2, 0.25) is 0 Å². The predicted octanol–water partition coefficient (Wildman–Crippen LogP) is 3.81. The molecule has 0 saturated carbocycles. The number of para-hydroxylation sites is 2. The summed E-state index contributed by atoms with van der Waals surface area (Å²) in [6.07, 6.45) is 1.58. The van der Waals surface area contributed by atoms with E-state index in [4.69, 9.17) is 9.47 Å². The normalized spacial score (nSPS) is 10.1. The third-order valence-electron chi connectivity index (χ3n) is 3.59. The van der Waals surface area contributed by atoms with E-state index in [1.165, 1.54) is 7.11 Å². The lowest BCUT2D eigenvalue weighted by Crippen LogP contribution is -2.23. The molecule has 0 saturated heterocycles. The zero-order chi connectivity index (χ0) is 17.5. The van der Waals surface area contributed by atoms with Crippen molar-refractivity contribution in [1.82, 2.24) is 10.3 Å². The Morgan fingerprint density at radius 1 is 1.00 bits per heavy atom. The van der Waals surface area contributed by atoms with Crippen LogP contribution in [0.4, 0.5) is 0 Å². The summed E-state index contributed by atoms with van der Waals surface area (Å²) < 4.78 is 11.0. The zero-order valence-corrected chi connectivity index (χ0v) is 13.8. The maximum Gasteiger partial charge on any atom is 0.257 e. The predicted molar refractivity (Wildman–Crippen MR) is 94.9 cm³/mol. The van der Waals surface area contributed by atoms with Crippen LogP contribution < -0.4 is 14.8 Å². The summed E-state index contributed by atoms with van der Waals surface area (Å²) in [5.74, 6) is 1.50. The third kappa shape index (κ3) is 4.14. The highest BCUT2D eigenvalue weighted by Gasteiger charge is 2.13.